The maximum absolute atomic E-state index is 12.2. The summed E-state index contributed by atoms with van der Waals surface area (Å²) in [5.74, 6) is -1.42. The number of hydrogen-bond acceptors (Lipinski definition) is 4. The quantitative estimate of drug-likeness (QED) is 0.624. The van der Waals surface area contributed by atoms with Crippen LogP contribution in [0.2, 0.25) is 0 Å². The minimum absolute atomic E-state index is 0.535. The summed E-state index contributed by atoms with van der Waals surface area (Å²) in [6.45, 7) is 2.13. The summed E-state index contributed by atoms with van der Waals surface area (Å²) in [6.07, 6.45) is 5.40. The second kappa shape index (κ2) is 7.49. The Balaban J connectivity index is 1.36. The second-order valence-electron chi connectivity index (χ2n) is 6.67. The predicted molar refractivity (Wildman–Crippen MR) is 106 cm³/mol. The molecule has 27 heavy (non-hydrogen) atoms. The van der Waals surface area contributed by atoms with Crippen LogP contribution in [0.25, 0.3) is 10.9 Å². The van der Waals surface area contributed by atoms with Crippen LogP contribution in [0.5, 0.6) is 0 Å². The van der Waals surface area contributed by atoms with E-state index in [2.05, 4.69) is 25.7 Å². The molecule has 3 N–H and O–H groups in total. The standard InChI is InChI=1S/C20H21N5O2/c26-19(20(27)23-16-5-4-14-13-21-24-18(14)12-16)22-15-6-8-17(9-7-15)25-10-2-1-3-11-25/h4-9,12-13H,1-3,10-11H2,(H,21,24)(H,22,26)(H,23,27). The van der Waals surface area contributed by atoms with Gasteiger partial charge < -0.3 is 15.5 Å². The molecule has 3 aromatic rings. The molecule has 4 rings (SSSR count). The Bertz CT molecular complexity index is 958. The van der Waals surface area contributed by atoms with E-state index in [1.54, 1.807) is 18.3 Å². The normalized spacial score (nSPS) is 14.1. The Labute approximate surface area is 156 Å². The predicted octanol–water partition coefficient (Wildman–Crippen LogP) is 3.13. The zero-order valence-electron chi connectivity index (χ0n) is 14.9. The second-order valence-corrected chi connectivity index (χ2v) is 6.67. The Hall–Kier alpha value is -3.35. The minimum Gasteiger partial charge on any atom is -0.372 e. The van der Waals surface area contributed by atoms with Gasteiger partial charge in [0.15, 0.2) is 0 Å². The molecule has 7 heteroatoms. The number of nitrogens with zero attached hydrogens (tertiary/aromatic N) is 2. The van der Waals surface area contributed by atoms with Crippen LogP contribution in [0.1, 0.15) is 19.3 Å². The highest BCUT2D eigenvalue weighted by atomic mass is 16.2. The number of fused-ring (bicyclic) bond motifs is 1. The molecule has 1 fully saturated rings. The number of hydrogen-bond donors (Lipinski definition) is 3. The summed E-state index contributed by atoms with van der Waals surface area (Å²) in [4.78, 5) is 26.7. The zero-order chi connectivity index (χ0) is 18.6. The van der Waals surface area contributed by atoms with Crippen LogP contribution in [0.4, 0.5) is 17.1 Å². The van der Waals surface area contributed by atoms with Crippen LogP contribution in [-0.2, 0) is 9.59 Å². The average Bonchev–Trinajstić information content (AvgIpc) is 3.17. The van der Waals surface area contributed by atoms with Crippen LogP contribution >= 0.6 is 0 Å². The first-order chi connectivity index (χ1) is 13.2. The number of anilines is 3. The molecule has 7 nitrogen and oxygen atoms in total. The van der Waals surface area contributed by atoms with Crippen molar-refractivity contribution in [2.45, 2.75) is 19.3 Å². The zero-order valence-corrected chi connectivity index (χ0v) is 14.9. The summed E-state index contributed by atoms with van der Waals surface area (Å²) < 4.78 is 0. The number of carbonyl (C=O) groups is 2. The molecule has 1 aliphatic rings. The number of piperidine rings is 1. The number of rotatable bonds is 3. The van der Waals surface area contributed by atoms with Gasteiger partial charge in [0, 0.05) is 35.5 Å². The summed E-state index contributed by atoms with van der Waals surface area (Å²) in [5, 5.41) is 12.9. The number of benzene rings is 2. The molecule has 1 aromatic heterocycles. The molecular weight excluding hydrogens is 342 g/mol. The van der Waals surface area contributed by atoms with Gasteiger partial charge in [-0.2, -0.15) is 5.10 Å². The van der Waals surface area contributed by atoms with Crippen LogP contribution in [0, 0.1) is 0 Å². The first kappa shape index (κ1) is 17.1. The lowest BCUT2D eigenvalue weighted by atomic mass is 10.1. The van der Waals surface area contributed by atoms with Gasteiger partial charge in [-0.1, -0.05) is 0 Å². The first-order valence-electron chi connectivity index (χ1n) is 9.09. The summed E-state index contributed by atoms with van der Waals surface area (Å²) >= 11 is 0. The maximum atomic E-state index is 12.2. The lowest BCUT2D eigenvalue weighted by Gasteiger charge is -2.28. The molecule has 1 saturated heterocycles. The Morgan fingerprint density at radius 1 is 0.889 bits per heavy atom. The molecule has 0 saturated carbocycles. The molecule has 0 atom stereocenters. The number of aromatic amines is 1. The summed E-state index contributed by atoms with van der Waals surface area (Å²) in [7, 11) is 0. The average molecular weight is 363 g/mol. The van der Waals surface area contributed by atoms with E-state index in [4.69, 9.17) is 0 Å². The van der Waals surface area contributed by atoms with Crippen molar-refractivity contribution in [2.75, 3.05) is 28.6 Å². The molecule has 0 radical (unpaired) electrons. The number of H-pyrrole nitrogens is 1. The van der Waals surface area contributed by atoms with E-state index in [1.165, 1.54) is 19.3 Å². The van der Waals surface area contributed by atoms with E-state index >= 15 is 0 Å². The molecule has 0 bridgehead atoms. The largest absolute Gasteiger partial charge is 0.372 e. The fourth-order valence-electron chi connectivity index (χ4n) is 3.30. The monoisotopic (exact) mass is 363 g/mol. The lowest BCUT2D eigenvalue weighted by molar-refractivity contribution is -0.132. The van der Waals surface area contributed by atoms with E-state index in [9.17, 15) is 9.59 Å². The smallest absolute Gasteiger partial charge is 0.314 e. The molecule has 0 aliphatic carbocycles. The van der Waals surface area contributed by atoms with Crippen molar-refractivity contribution in [1.29, 1.82) is 0 Å². The van der Waals surface area contributed by atoms with Crippen molar-refractivity contribution in [3.63, 3.8) is 0 Å². The Kier molecular flexibility index (Phi) is 4.74. The fourth-order valence-corrected chi connectivity index (χ4v) is 3.30. The van der Waals surface area contributed by atoms with Gasteiger partial charge in [0.1, 0.15) is 0 Å². The molecule has 2 heterocycles. The number of carbonyl (C=O) groups excluding carboxylic acids is 2. The molecule has 0 unspecified atom stereocenters. The highest BCUT2D eigenvalue weighted by Gasteiger charge is 2.15. The van der Waals surface area contributed by atoms with Gasteiger partial charge in [0.25, 0.3) is 0 Å². The van der Waals surface area contributed by atoms with Crippen LogP contribution in [0.3, 0.4) is 0 Å². The van der Waals surface area contributed by atoms with E-state index in [-0.39, 0.29) is 0 Å². The Morgan fingerprint density at radius 2 is 1.56 bits per heavy atom. The van der Waals surface area contributed by atoms with Crippen LogP contribution in [-0.4, -0.2) is 35.1 Å². The van der Waals surface area contributed by atoms with Gasteiger partial charge in [-0.15, -0.1) is 0 Å². The van der Waals surface area contributed by atoms with Gasteiger partial charge in [-0.25, -0.2) is 0 Å². The van der Waals surface area contributed by atoms with Gasteiger partial charge in [-0.3, -0.25) is 14.7 Å². The van der Waals surface area contributed by atoms with E-state index in [0.29, 0.717) is 11.4 Å². The molecule has 138 valence electrons. The van der Waals surface area contributed by atoms with Gasteiger partial charge in [-0.05, 0) is 61.7 Å². The van der Waals surface area contributed by atoms with Crippen LogP contribution in [0.15, 0.2) is 48.7 Å². The van der Waals surface area contributed by atoms with E-state index in [1.807, 2.05) is 30.3 Å². The molecule has 2 aromatic carbocycles. The molecule has 1 aliphatic heterocycles. The van der Waals surface area contributed by atoms with Crippen molar-refractivity contribution in [1.82, 2.24) is 10.2 Å². The molecule has 2 amide bonds. The van der Waals surface area contributed by atoms with Gasteiger partial charge in [0.2, 0.25) is 0 Å². The third-order valence-corrected chi connectivity index (χ3v) is 4.75. The van der Waals surface area contributed by atoms with Gasteiger partial charge in [0.05, 0.1) is 11.7 Å². The lowest BCUT2D eigenvalue weighted by Crippen LogP contribution is -2.30. The van der Waals surface area contributed by atoms with Crippen molar-refractivity contribution in [3.05, 3.63) is 48.7 Å². The van der Waals surface area contributed by atoms with Crippen molar-refractivity contribution < 1.29 is 9.59 Å². The van der Waals surface area contributed by atoms with Crippen molar-refractivity contribution >= 4 is 39.8 Å². The topological polar surface area (TPSA) is 90.1 Å². The molecular formula is C20H21N5O2. The number of nitrogens with one attached hydrogen (secondary N) is 3. The SMILES string of the molecule is O=C(Nc1ccc(N2CCCCC2)cc1)C(=O)Nc1ccc2cn[nH]c2c1. The number of amides is 2. The van der Waals surface area contributed by atoms with Crippen LogP contribution < -0.4 is 15.5 Å². The summed E-state index contributed by atoms with van der Waals surface area (Å²) in [6, 6.07) is 12.9. The fraction of sp³-hybridized carbons (Fsp3) is 0.250. The third kappa shape index (κ3) is 3.92. The maximum Gasteiger partial charge on any atom is 0.314 e. The molecule has 0 spiro atoms. The highest BCUT2D eigenvalue weighted by molar-refractivity contribution is 6.43. The van der Waals surface area contributed by atoms with E-state index in [0.717, 1.165) is 29.7 Å². The minimum atomic E-state index is -0.714. The van der Waals surface area contributed by atoms with Crippen molar-refractivity contribution in [3.8, 4) is 0 Å². The van der Waals surface area contributed by atoms with Crippen molar-refractivity contribution in [2.24, 2.45) is 0 Å². The third-order valence-electron chi connectivity index (χ3n) is 4.75. The summed E-state index contributed by atoms with van der Waals surface area (Å²) in [5.41, 5.74) is 3.07. The Morgan fingerprint density at radius 3 is 2.30 bits per heavy atom. The number of aromatic nitrogens is 2. The van der Waals surface area contributed by atoms with Gasteiger partial charge >= 0.3 is 11.8 Å². The first-order valence-corrected chi connectivity index (χ1v) is 9.09. The highest BCUT2D eigenvalue weighted by Crippen LogP contribution is 2.22. The van der Waals surface area contributed by atoms with E-state index < -0.39 is 11.8 Å².